The molecule has 1 aliphatic rings. The highest BCUT2D eigenvalue weighted by Gasteiger charge is 2.36. The molecule has 1 aromatic heterocycles. The normalized spacial score (nSPS) is 18.7. The Bertz CT molecular complexity index is 647. The van der Waals surface area contributed by atoms with Gasteiger partial charge >= 0.3 is 6.18 Å². The Morgan fingerprint density at radius 1 is 1.23 bits per heavy atom. The predicted molar refractivity (Wildman–Crippen MR) is 83.9 cm³/mol. The summed E-state index contributed by atoms with van der Waals surface area (Å²) in [5, 5.41) is 4.03. The molecule has 3 rings (SSSR count). The van der Waals surface area contributed by atoms with Gasteiger partial charge in [0, 0.05) is 53.8 Å². The van der Waals surface area contributed by atoms with Crippen LogP contribution in [0.5, 0.6) is 0 Å². The number of fused-ring (bicyclic) bond motifs is 1. The first-order valence-corrected chi connectivity index (χ1v) is 8.01. The lowest BCUT2D eigenvalue weighted by atomic mass is 10.00. The third kappa shape index (κ3) is 3.47. The highest BCUT2D eigenvalue weighted by atomic mass is 79.9. The summed E-state index contributed by atoms with van der Waals surface area (Å²) in [4.78, 5) is 5.01. The topological polar surface area (TPSA) is 31.1 Å². The van der Waals surface area contributed by atoms with Crippen LogP contribution in [0, 0.1) is 0 Å². The van der Waals surface area contributed by atoms with Crippen LogP contribution >= 0.6 is 15.9 Å². The Morgan fingerprint density at radius 3 is 2.64 bits per heavy atom. The van der Waals surface area contributed by atoms with Crippen molar-refractivity contribution in [3.63, 3.8) is 0 Å². The van der Waals surface area contributed by atoms with Gasteiger partial charge in [-0.2, -0.15) is 13.2 Å². The van der Waals surface area contributed by atoms with Crippen LogP contribution in [-0.2, 0) is 0 Å². The molecule has 2 N–H and O–H groups in total. The Labute approximate surface area is 135 Å². The van der Waals surface area contributed by atoms with Gasteiger partial charge in [-0.05, 0) is 23.8 Å². The van der Waals surface area contributed by atoms with Crippen LogP contribution < -0.4 is 5.32 Å². The summed E-state index contributed by atoms with van der Waals surface area (Å²) in [7, 11) is 0. The van der Waals surface area contributed by atoms with E-state index in [0.29, 0.717) is 13.1 Å². The van der Waals surface area contributed by atoms with Crippen LogP contribution in [0.25, 0.3) is 10.9 Å². The third-order valence-corrected chi connectivity index (χ3v) is 4.55. The van der Waals surface area contributed by atoms with Crippen molar-refractivity contribution in [2.75, 3.05) is 26.2 Å². The minimum atomic E-state index is -4.19. The van der Waals surface area contributed by atoms with Crippen molar-refractivity contribution in [3.05, 3.63) is 34.4 Å². The van der Waals surface area contributed by atoms with Gasteiger partial charge < -0.3 is 10.3 Å². The second-order valence-electron chi connectivity index (χ2n) is 5.55. The van der Waals surface area contributed by atoms with Gasteiger partial charge in [-0.3, -0.25) is 4.90 Å². The maximum Gasteiger partial charge on any atom is 0.390 e. The van der Waals surface area contributed by atoms with Gasteiger partial charge in [0.1, 0.15) is 0 Å². The number of nitrogens with one attached hydrogen (secondary N) is 2. The lowest BCUT2D eigenvalue weighted by molar-refractivity contribution is -0.148. The number of aromatic amines is 1. The summed E-state index contributed by atoms with van der Waals surface area (Å²) in [6, 6.07) is 5.00. The fourth-order valence-corrected chi connectivity index (χ4v) is 3.40. The van der Waals surface area contributed by atoms with E-state index in [9.17, 15) is 13.2 Å². The van der Waals surface area contributed by atoms with Gasteiger partial charge in [-0.25, -0.2) is 0 Å². The molecule has 2 heterocycles. The standard InChI is InChI=1S/C15H17BrF3N3/c16-10-1-2-13-11(7-10)12(9-21-13)14(8-15(17,18)19)22-5-3-20-4-6-22/h1-2,7,9,14,20-21H,3-6,8H2/t14-/m0/s1. The van der Waals surface area contributed by atoms with E-state index in [-0.39, 0.29) is 0 Å². The molecular weight excluding hydrogens is 359 g/mol. The molecule has 3 nitrogen and oxygen atoms in total. The van der Waals surface area contributed by atoms with Crippen LogP contribution in [0.3, 0.4) is 0 Å². The molecule has 1 saturated heterocycles. The Kier molecular flexibility index (Phi) is 4.47. The second kappa shape index (κ2) is 6.22. The average molecular weight is 376 g/mol. The van der Waals surface area contributed by atoms with Crippen LogP contribution in [0.2, 0.25) is 0 Å². The monoisotopic (exact) mass is 375 g/mol. The second-order valence-corrected chi connectivity index (χ2v) is 6.47. The fourth-order valence-electron chi connectivity index (χ4n) is 3.04. The lowest BCUT2D eigenvalue weighted by Gasteiger charge is -2.35. The number of rotatable bonds is 3. The van der Waals surface area contributed by atoms with Gasteiger partial charge in [-0.15, -0.1) is 0 Å². The fraction of sp³-hybridized carbons (Fsp3) is 0.467. The van der Waals surface area contributed by atoms with Crippen molar-refractivity contribution in [1.82, 2.24) is 15.2 Å². The van der Waals surface area contributed by atoms with Crippen LogP contribution in [0.4, 0.5) is 13.2 Å². The Balaban J connectivity index is 2.00. The van der Waals surface area contributed by atoms with E-state index in [1.807, 2.05) is 23.1 Å². The summed E-state index contributed by atoms with van der Waals surface area (Å²) in [6.45, 7) is 2.70. The molecule has 0 bridgehead atoms. The van der Waals surface area contributed by atoms with Crippen molar-refractivity contribution in [3.8, 4) is 0 Å². The third-order valence-electron chi connectivity index (χ3n) is 4.05. The number of aromatic nitrogens is 1. The maximum atomic E-state index is 13.1. The van der Waals surface area contributed by atoms with E-state index in [2.05, 4.69) is 26.2 Å². The van der Waals surface area contributed by atoms with Gasteiger partial charge in [0.2, 0.25) is 0 Å². The molecule has 0 unspecified atom stereocenters. The van der Waals surface area contributed by atoms with Gasteiger partial charge in [0.05, 0.1) is 6.42 Å². The SMILES string of the molecule is FC(F)(F)C[C@@H](c1c[nH]c2ccc(Br)cc12)N1CCNCC1. The quantitative estimate of drug-likeness (QED) is 0.853. The van der Waals surface area contributed by atoms with E-state index >= 15 is 0 Å². The number of alkyl halides is 3. The number of nitrogens with zero attached hydrogens (tertiary/aromatic N) is 1. The Morgan fingerprint density at radius 2 is 1.95 bits per heavy atom. The zero-order valence-electron chi connectivity index (χ0n) is 11.9. The molecule has 1 atom stereocenters. The molecule has 1 aliphatic heterocycles. The largest absolute Gasteiger partial charge is 0.390 e. The molecule has 1 aromatic carbocycles. The summed E-state index contributed by atoms with van der Waals surface area (Å²) in [6.07, 6.45) is -3.30. The van der Waals surface area contributed by atoms with Gasteiger partial charge in [-0.1, -0.05) is 15.9 Å². The summed E-state index contributed by atoms with van der Waals surface area (Å²) in [5.74, 6) is 0. The number of hydrogen-bond donors (Lipinski definition) is 2. The van der Waals surface area contributed by atoms with Crippen molar-refractivity contribution >= 4 is 26.8 Å². The first kappa shape index (κ1) is 15.8. The highest BCUT2D eigenvalue weighted by molar-refractivity contribution is 9.10. The molecule has 1 fully saturated rings. The van der Waals surface area contributed by atoms with E-state index in [1.54, 1.807) is 6.20 Å². The predicted octanol–water partition coefficient (Wildman–Crippen LogP) is 3.83. The number of benzene rings is 1. The zero-order chi connectivity index (χ0) is 15.7. The molecule has 0 spiro atoms. The summed E-state index contributed by atoms with van der Waals surface area (Å²) in [5.41, 5.74) is 1.58. The van der Waals surface area contributed by atoms with Gasteiger partial charge in [0.15, 0.2) is 0 Å². The number of hydrogen-bond acceptors (Lipinski definition) is 2. The van der Waals surface area contributed by atoms with Crippen LogP contribution in [0.15, 0.2) is 28.9 Å². The lowest BCUT2D eigenvalue weighted by Crippen LogP contribution is -2.46. The molecule has 0 radical (unpaired) electrons. The average Bonchev–Trinajstić information content (AvgIpc) is 2.87. The molecule has 7 heteroatoms. The van der Waals surface area contributed by atoms with Crippen molar-refractivity contribution in [1.29, 1.82) is 0 Å². The molecule has 0 aliphatic carbocycles. The smallest absolute Gasteiger partial charge is 0.361 e. The van der Waals surface area contributed by atoms with Crippen molar-refractivity contribution < 1.29 is 13.2 Å². The van der Waals surface area contributed by atoms with E-state index in [1.165, 1.54) is 0 Å². The van der Waals surface area contributed by atoms with Crippen LogP contribution in [-0.4, -0.2) is 42.2 Å². The van der Waals surface area contributed by atoms with Crippen molar-refractivity contribution in [2.45, 2.75) is 18.6 Å². The Hall–Kier alpha value is -1.05. The van der Waals surface area contributed by atoms with E-state index in [4.69, 9.17) is 0 Å². The van der Waals surface area contributed by atoms with E-state index in [0.717, 1.165) is 34.0 Å². The van der Waals surface area contributed by atoms with Gasteiger partial charge in [0.25, 0.3) is 0 Å². The number of halogens is 4. The molecule has 0 amide bonds. The first-order chi connectivity index (χ1) is 10.4. The molecule has 22 heavy (non-hydrogen) atoms. The first-order valence-electron chi connectivity index (χ1n) is 7.22. The maximum absolute atomic E-state index is 13.1. The minimum Gasteiger partial charge on any atom is -0.361 e. The molecule has 120 valence electrons. The van der Waals surface area contributed by atoms with Crippen LogP contribution in [0.1, 0.15) is 18.0 Å². The van der Waals surface area contributed by atoms with Crippen molar-refractivity contribution in [2.24, 2.45) is 0 Å². The molecular formula is C15H17BrF3N3. The number of piperazine rings is 1. The highest BCUT2D eigenvalue weighted by Crippen LogP contribution is 2.37. The van der Waals surface area contributed by atoms with E-state index < -0.39 is 18.6 Å². The minimum absolute atomic E-state index is 0.626. The molecule has 0 saturated carbocycles. The summed E-state index contributed by atoms with van der Waals surface area (Å²) < 4.78 is 40.1. The zero-order valence-corrected chi connectivity index (χ0v) is 13.5. The summed E-state index contributed by atoms with van der Waals surface area (Å²) >= 11 is 3.40. The molecule has 2 aromatic rings. The number of H-pyrrole nitrogens is 1.